The number of likely N-dealkylation sites (tertiary alicyclic amines) is 1. The highest BCUT2D eigenvalue weighted by atomic mass is 32.2. The second kappa shape index (κ2) is 29.3. The van der Waals surface area contributed by atoms with Crippen LogP contribution in [0.15, 0.2) is 4.99 Å². The molecule has 0 bridgehead atoms. The molecule has 1 fully saturated rings. The summed E-state index contributed by atoms with van der Waals surface area (Å²) in [6, 6.07) is -10.7. The molecule has 0 aromatic rings. The summed E-state index contributed by atoms with van der Waals surface area (Å²) in [5.41, 5.74) is 22.1. The number of aliphatic hydroxyl groups excluding tert-OH is 2. The van der Waals surface area contributed by atoms with Crippen LogP contribution in [-0.2, 0) is 43.2 Å². The lowest BCUT2D eigenvalue weighted by atomic mass is 10.1. The van der Waals surface area contributed by atoms with E-state index in [9.17, 15) is 53.4 Å². The zero-order valence-corrected chi connectivity index (χ0v) is 37.5. The Labute approximate surface area is 371 Å². The third kappa shape index (κ3) is 19.9. The number of aliphatic hydroxyl groups is 2. The van der Waals surface area contributed by atoms with Crippen molar-refractivity contribution in [3.8, 4) is 0 Å². The van der Waals surface area contributed by atoms with E-state index in [4.69, 9.17) is 22.9 Å². The van der Waals surface area contributed by atoms with Crippen LogP contribution in [0.1, 0.15) is 79.1 Å². The van der Waals surface area contributed by atoms with Gasteiger partial charge in [0.1, 0.15) is 54.6 Å². The SMILES string of the molecule is CSCC[C@H](NC(=O)[C@H](CCCN=C(N)N)NC(=O)[C@H](C)NC(=O)[C@H](C)NC(=O)[C@H](CCCCN)NC(=O)[C@@H](N)[C@@H](C)O)C(=O)N[C@@H](CO)C(=O)N[C@@H](C)C(=O)N1CCC[C@H]1C=O. The average molecular weight is 916 g/mol. The van der Waals surface area contributed by atoms with Crippen LogP contribution in [0.5, 0.6) is 0 Å². The first-order valence-corrected chi connectivity index (χ1v) is 22.3. The Morgan fingerprint density at radius 1 is 0.714 bits per heavy atom. The number of nitrogens with two attached hydrogens (primary N) is 4. The highest BCUT2D eigenvalue weighted by Crippen LogP contribution is 2.16. The predicted octanol–water partition coefficient (Wildman–Crippen LogP) is -5.73. The number of carbonyl (C=O) groups excluding carboxylic acids is 9. The van der Waals surface area contributed by atoms with Gasteiger partial charge in [-0.05, 0) is 97.6 Å². The van der Waals surface area contributed by atoms with Gasteiger partial charge in [-0.2, -0.15) is 11.8 Å². The molecule has 0 aromatic carbocycles. The molecule has 24 nitrogen and oxygen atoms in total. The lowest BCUT2D eigenvalue weighted by Gasteiger charge is -2.27. The Kier molecular flexibility index (Phi) is 26.0. The molecular weight excluding hydrogens is 847 g/mol. The molecule has 8 amide bonds. The maximum absolute atomic E-state index is 13.8. The topological polar surface area (TPSA) is 398 Å². The number of nitrogens with zero attached hydrogens (tertiary/aromatic N) is 2. The summed E-state index contributed by atoms with van der Waals surface area (Å²) in [4.78, 5) is 122. The summed E-state index contributed by atoms with van der Waals surface area (Å²) in [6.07, 6.45) is 3.70. The minimum absolute atomic E-state index is 0.0378. The fourth-order valence-electron chi connectivity index (χ4n) is 6.18. The van der Waals surface area contributed by atoms with Crippen molar-refractivity contribution in [3.63, 3.8) is 0 Å². The van der Waals surface area contributed by atoms with Gasteiger partial charge in [-0.3, -0.25) is 43.3 Å². The minimum Gasteiger partial charge on any atom is -0.394 e. The van der Waals surface area contributed by atoms with E-state index < -0.39 is 114 Å². The molecule has 1 saturated heterocycles. The summed E-state index contributed by atoms with van der Waals surface area (Å²) >= 11 is 1.36. The average Bonchev–Trinajstić information content (AvgIpc) is 3.72. The number of guanidine groups is 1. The number of carbonyl (C=O) groups is 9. The number of hydrogen-bond donors (Lipinski definition) is 13. The van der Waals surface area contributed by atoms with Crippen LogP contribution in [0.2, 0.25) is 0 Å². The number of nitrogens with one attached hydrogen (secondary N) is 7. The second-order valence-electron chi connectivity index (χ2n) is 15.3. The van der Waals surface area contributed by atoms with E-state index in [1.165, 1.54) is 44.4 Å². The summed E-state index contributed by atoms with van der Waals surface area (Å²) in [5, 5.41) is 37.2. The first kappa shape index (κ1) is 55.9. The summed E-state index contributed by atoms with van der Waals surface area (Å²) in [5.74, 6) is -6.00. The van der Waals surface area contributed by atoms with E-state index >= 15 is 0 Å². The van der Waals surface area contributed by atoms with E-state index in [-0.39, 0.29) is 38.2 Å². The molecule has 0 saturated carbocycles. The van der Waals surface area contributed by atoms with Crippen LogP contribution in [0, 0.1) is 0 Å². The van der Waals surface area contributed by atoms with Crippen molar-refractivity contribution < 1.29 is 53.4 Å². The maximum Gasteiger partial charge on any atom is 0.245 e. The molecule has 25 heteroatoms. The molecule has 0 aliphatic carbocycles. The maximum atomic E-state index is 13.8. The third-order valence-corrected chi connectivity index (χ3v) is 10.7. The molecule has 358 valence electrons. The quantitative estimate of drug-likeness (QED) is 0.0144. The van der Waals surface area contributed by atoms with Gasteiger partial charge in [-0.25, -0.2) is 0 Å². The van der Waals surface area contributed by atoms with Crippen molar-refractivity contribution in [3.05, 3.63) is 0 Å². The number of hydrogen-bond acceptors (Lipinski definition) is 15. The Hall–Kier alpha value is -5.11. The van der Waals surface area contributed by atoms with E-state index in [2.05, 4.69) is 42.2 Å². The molecule has 0 spiro atoms. The summed E-state index contributed by atoms with van der Waals surface area (Å²) < 4.78 is 0. The normalized spacial score (nSPS) is 17.7. The molecule has 0 radical (unpaired) electrons. The molecular formula is C38H69N13O11S. The number of thioether (sulfide) groups is 1. The van der Waals surface area contributed by atoms with Gasteiger partial charge >= 0.3 is 0 Å². The van der Waals surface area contributed by atoms with E-state index in [0.717, 1.165) is 0 Å². The lowest BCUT2D eigenvalue weighted by molar-refractivity contribution is -0.139. The van der Waals surface area contributed by atoms with Crippen LogP contribution >= 0.6 is 11.8 Å². The largest absolute Gasteiger partial charge is 0.394 e. The van der Waals surface area contributed by atoms with Gasteiger partial charge in [0.25, 0.3) is 0 Å². The van der Waals surface area contributed by atoms with Crippen LogP contribution in [0.25, 0.3) is 0 Å². The molecule has 17 N–H and O–H groups in total. The van der Waals surface area contributed by atoms with Crippen LogP contribution < -0.4 is 60.2 Å². The van der Waals surface area contributed by atoms with Crippen molar-refractivity contribution in [1.29, 1.82) is 0 Å². The first-order chi connectivity index (χ1) is 29.7. The molecule has 0 aromatic heterocycles. The number of amides is 8. The second-order valence-corrected chi connectivity index (χ2v) is 16.3. The zero-order chi connectivity index (χ0) is 47.8. The van der Waals surface area contributed by atoms with E-state index in [1.54, 1.807) is 6.26 Å². The van der Waals surface area contributed by atoms with Crippen LogP contribution in [0.4, 0.5) is 0 Å². The van der Waals surface area contributed by atoms with Gasteiger partial charge in [0.2, 0.25) is 47.3 Å². The van der Waals surface area contributed by atoms with Gasteiger partial charge < -0.3 is 80.1 Å². The lowest BCUT2D eigenvalue weighted by Crippen LogP contribution is -2.60. The number of rotatable bonds is 29. The molecule has 1 aliphatic rings. The zero-order valence-electron chi connectivity index (χ0n) is 36.7. The Bertz CT molecular complexity index is 1590. The highest BCUT2D eigenvalue weighted by Gasteiger charge is 2.35. The van der Waals surface area contributed by atoms with Crippen molar-refractivity contribution in [2.75, 3.05) is 38.2 Å². The number of aliphatic imine (C=N–C) groups is 1. The third-order valence-electron chi connectivity index (χ3n) is 10.0. The fraction of sp³-hybridized carbons (Fsp3) is 0.737. The van der Waals surface area contributed by atoms with Gasteiger partial charge in [-0.15, -0.1) is 0 Å². The Morgan fingerprint density at radius 2 is 1.19 bits per heavy atom. The van der Waals surface area contributed by atoms with Gasteiger partial charge in [0.05, 0.1) is 18.8 Å². The van der Waals surface area contributed by atoms with Crippen molar-refractivity contribution in [2.24, 2.45) is 27.9 Å². The number of unbranched alkanes of at least 4 members (excludes halogenated alkanes) is 1. The van der Waals surface area contributed by atoms with Crippen LogP contribution in [0.3, 0.4) is 0 Å². The van der Waals surface area contributed by atoms with E-state index in [1.807, 2.05) is 0 Å². The monoisotopic (exact) mass is 915 g/mol. The predicted molar refractivity (Wildman–Crippen MR) is 234 cm³/mol. The fourth-order valence-corrected chi connectivity index (χ4v) is 6.65. The van der Waals surface area contributed by atoms with Crippen molar-refractivity contribution in [1.82, 2.24) is 42.1 Å². The Morgan fingerprint density at radius 3 is 1.73 bits per heavy atom. The molecule has 10 atom stereocenters. The van der Waals surface area contributed by atoms with E-state index in [0.29, 0.717) is 50.8 Å². The smallest absolute Gasteiger partial charge is 0.245 e. The molecule has 1 heterocycles. The highest BCUT2D eigenvalue weighted by molar-refractivity contribution is 7.98. The van der Waals surface area contributed by atoms with Crippen LogP contribution in [-0.4, -0.2) is 173 Å². The standard InChI is InChI=1S/C38H69N13O11S/c1-20(45-32(57)25(11-6-7-14-39)49-36(61)29(40)23(4)54)30(55)44-21(2)31(56)47-26(12-8-15-43-38(41)42)33(58)48-27(13-17-63-5)34(59)50-28(19-53)35(60)46-22(3)37(62)51-16-9-10-24(51)18-52/h18,20-29,53-54H,6-17,19,39-40H2,1-5H3,(H,44,55)(H,45,57)(H,46,60)(H,47,56)(H,48,58)(H,49,61)(H,50,59)(H4,41,42,43)/t20-,21-,22-,23+,24-,25-,26-,27-,28-,29-/m0/s1. The van der Waals surface area contributed by atoms with Gasteiger partial charge in [0, 0.05) is 13.1 Å². The molecule has 63 heavy (non-hydrogen) atoms. The van der Waals surface area contributed by atoms with Crippen molar-refractivity contribution >= 4 is 71.3 Å². The Balaban J connectivity index is 3.09. The summed E-state index contributed by atoms with van der Waals surface area (Å²) in [7, 11) is 0. The van der Waals surface area contributed by atoms with Gasteiger partial charge in [-0.1, -0.05) is 0 Å². The summed E-state index contributed by atoms with van der Waals surface area (Å²) in [6.45, 7) is 5.30. The number of aldehydes is 1. The van der Waals surface area contributed by atoms with Crippen molar-refractivity contribution in [2.45, 2.75) is 140 Å². The molecule has 1 aliphatic heterocycles. The minimum atomic E-state index is -1.53. The molecule has 1 rings (SSSR count). The molecule has 0 unspecified atom stereocenters. The first-order valence-electron chi connectivity index (χ1n) is 20.9. The van der Waals surface area contributed by atoms with Gasteiger partial charge in [0.15, 0.2) is 5.96 Å².